The third kappa shape index (κ3) is 18.3. The van der Waals surface area contributed by atoms with Crippen molar-refractivity contribution < 1.29 is 47.7 Å². The summed E-state index contributed by atoms with van der Waals surface area (Å²) in [5.41, 5.74) is 2.55. The van der Waals surface area contributed by atoms with Crippen molar-refractivity contribution >= 4 is 57.5 Å². The van der Waals surface area contributed by atoms with Gasteiger partial charge in [0.2, 0.25) is 0 Å². The second kappa shape index (κ2) is 27.8. The molecule has 16 heteroatoms. The highest BCUT2D eigenvalue weighted by Gasteiger charge is 2.22. The minimum Gasteiger partial charge on any atom is -0.469 e. The lowest BCUT2D eigenvalue weighted by Gasteiger charge is -2.19. The molecular formula is C46H54N4O10S2. The third-order valence-corrected chi connectivity index (χ3v) is 11.8. The average molecular weight is 887 g/mol. The van der Waals surface area contributed by atoms with Gasteiger partial charge in [0.25, 0.3) is 11.8 Å². The molecule has 0 spiro atoms. The van der Waals surface area contributed by atoms with Gasteiger partial charge >= 0.3 is 24.1 Å². The van der Waals surface area contributed by atoms with Crippen LogP contribution in [0.5, 0.6) is 0 Å². The predicted molar refractivity (Wildman–Crippen MR) is 237 cm³/mol. The molecule has 0 aromatic heterocycles. The molecule has 0 aliphatic rings. The number of methoxy groups -OCH3 is 2. The number of rotatable bonds is 25. The van der Waals surface area contributed by atoms with Gasteiger partial charge in [-0.15, -0.1) is 0 Å². The number of nitrogens with one attached hydrogen (secondary N) is 4. The van der Waals surface area contributed by atoms with Gasteiger partial charge in [-0.25, -0.2) is 9.59 Å². The molecule has 0 saturated carbocycles. The number of hydrogen-bond acceptors (Lipinski definition) is 12. The Hall–Kier alpha value is -6.00. The predicted octanol–water partition coefficient (Wildman–Crippen LogP) is 8.00. The average Bonchev–Trinajstić information content (AvgIpc) is 3.29. The normalized spacial score (nSPS) is 11.6. The van der Waals surface area contributed by atoms with Crippen LogP contribution in [-0.2, 0) is 41.8 Å². The van der Waals surface area contributed by atoms with Crippen LogP contribution < -0.4 is 21.3 Å². The molecular weight excluding hydrogens is 833 g/mol. The lowest BCUT2D eigenvalue weighted by atomic mass is 10.1. The summed E-state index contributed by atoms with van der Waals surface area (Å²) in [5.74, 6) is -1.68. The van der Waals surface area contributed by atoms with Crippen LogP contribution in [0.2, 0.25) is 0 Å². The first kappa shape index (κ1) is 48.7. The Morgan fingerprint density at radius 3 is 1.26 bits per heavy atom. The minimum atomic E-state index is -0.525. The van der Waals surface area contributed by atoms with E-state index in [4.69, 9.17) is 18.9 Å². The van der Waals surface area contributed by atoms with Gasteiger partial charge in [-0.3, -0.25) is 19.2 Å². The standard InChI is InChI=1S/C46H54N4O10S2/c1-57-41(51)29-35(21-13-15-27-47-45(55)59-31-33-17-5-3-6-18-33)49-43(53)37-23-9-11-25-39(37)61-62-40-26-12-10-24-38(40)44(54)50-36(30-42(52)58-2)22-14-16-28-48-46(56)60-32-34-19-7-4-8-20-34/h3-12,17-20,23-26,35-36H,13-16,21-22,27-32H2,1-2H3,(H,47,55)(H,48,56)(H,49,53)(H,50,54)/t35-,36-/m0/s1. The number of esters is 2. The fourth-order valence-electron chi connectivity index (χ4n) is 6.05. The van der Waals surface area contributed by atoms with Crippen molar-refractivity contribution in [2.45, 2.75) is 86.5 Å². The van der Waals surface area contributed by atoms with Crippen molar-refractivity contribution in [2.24, 2.45) is 0 Å². The van der Waals surface area contributed by atoms with Crippen LogP contribution in [0.1, 0.15) is 83.2 Å². The van der Waals surface area contributed by atoms with Gasteiger partial charge in [-0.05, 0) is 73.9 Å². The van der Waals surface area contributed by atoms with Crippen LogP contribution in [0, 0.1) is 0 Å². The number of unbranched alkanes of at least 4 members (excludes halogenated alkanes) is 2. The molecule has 4 aromatic carbocycles. The Morgan fingerprint density at radius 1 is 0.500 bits per heavy atom. The molecule has 0 unspecified atom stereocenters. The van der Waals surface area contributed by atoms with Crippen LogP contribution in [0.4, 0.5) is 9.59 Å². The van der Waals surface area contributed by atoms with E-state index in [1.165, 1.54) is 35.8 Å². The number of hydrogen-bond donors (Lipinski definition) is 4. The second-order valence-electron chi connectivity index (χ2n) is 14.0. The van der Waals surface area contributed by atoms with E-state index in [0.717, 1.165) is 11.1 Å². The lowest BCUT2D eigenvalue weighted by Crippen LogP contribution is -2.37. The van der Waals surface area contributed by atoms with Gasteiger partial charge < -0.3 is 40.2 Å². The smallest absolute Gasteiger partial charge is 0.407 e. The maximum absolute atomic E-state index is 13.7. The van der Waals surface area contributed by atoms with Gasteiger partial charge in [0, 0.05) is 35.0 Å². The van der Waals surface area contributed by atoms with Crippen LogP contribution in [0.15, 0.2) is 119 Å². The molecule has 14 nitrogen and oxygen atoms in total. The van der Waals surface area contributed by atoms with E-state index < -0.39 is 36.2 Å². The second-order valence-corrected chi connectivity index (χ2v) is 16.2. The summed E-state index contributed by atoms with van der Waals surface area (Å²) < 4.78 is 20.3. The minimum absolute atomic E-state index is 0.0288. The molecule has 0 heterocycles. The summed E-state index contributed by atoms with van der Waals surface area (Å²) in [6.07, 6.45) is 2.23. The molecule has 0 radical (unpaired) electrons. The molecule has 4 N–H and O–H groups in total. The SMILES string of the molecule is COC(=O)C[C@H](CCCCNC(=O)OCc1ccccc1)NC(=O)c1ccccc1SSc1ccccc1C(=O)N[C@@H](CCCCNC(=O)OCc1ccccc1)CC(=O)OC. The maximum Gasteiger partial charge on any atom is 0.407 e. The summed E-state index contributed by atoms with van der Waals surface area (Å²) in [6, 6.07) is 31.8. The van der Waals surface area contributed by atoms with Gasteiger partial charge in [0.1, 0.15) is 13.2 Å². The summed E-state index contributed by atoms with van der Waals surface area (Å²) in [6.45, 7) is 1.06. The largest absolute Gasteiger partial charge is 0.469 e. The highest BCUT2D eigenvalue weighted by atomic mass is 33.1. The van der Waals surface area contributed by atoms with E-state index >= 15 is 0 Å². The molecule has 330 valence electrons. The van der Waals surface area contributed by atoms with E-state index in [1.54, 1.807) is 36.4 Å². The zero-order valence-corrected chi connectivity index (χ0v) is 36.6. The fourth-order valence-corrected chi connectivity index (χ4v) is 8.41. The van der Waals surface area contributed by atoms with Crippen LogP contribution >= 0.6 is 21.6 Å². The maximum atomic E-state index is 13.7. The molecule has 2 atom stereocenters. The van der Waals surface area contributed by atoms with Crippen molar-refractivity contribution in [1.29, 1.82) is 0 Å². The molecule has 4 rings (SSSR count). The highest BCUT2D eigenvalue weighted by Crippen LogP contribution is 2.40. The van der Waals surface area contributed by atoms with Crippen LogP contribution in [0.25, 0.3) is 0 Å². The first-order valence-corrected chi connectivity index (χ1v) is 22.5. The van der Waals surface area contributed by atoms with E-state index in [1.807, 2.05) is 72.8 Å². The molecule has 4 amide bonds. The lowest BCUT2D eigenvalue weighted by molar-refractivity contribution is -0.142. The monoisotopic (exact) mass is 886 g/mol. The number of ether oxygens (including phenoxy) is 4. The van der Waals surface area contributed by atoms with Crippen molar-refractivity contribution in [3.63, 3.8) is 0 Å². The van der Waals surface area contributed by atoms with Gasteiger partial charge in [0.05, 0.1) is 38.2 Å². The summed E-state index contributed by atoms with van der Waals surface area (Å²) >= 11 is 0. The molecule has 0 saturated heterocycles. The van der Waals surface area contributed by atoms with Crippen molar-refractivity contribution in [1.82, 2.24) is 21.3 Å². The van der Waals surface area contributed by atoms with Crippen LogP contribution in [-0.4, -0.2) is 75.3 Å². The quantitative estimate of drug-likeness (QED) is 0.0218. The zero-order valence-electron chi connectivity index (χ0n) is 34.9. The molecule has 0 aliphatic carbocycles. The van der Waals surface area contributed by atoms with Crippen LogP contribution in [0.3, 0.4) is 0 Å². The molecule has 0 fully saturated rings. The Labute approximate surface area is 370 Å². The number of benzene rings is 4. The first-order chi connectivity index (χ1) is 30.1. The fraction of sp³-hybridized carbons (Fsp3) is 0.348. The summed E-state index contributed by atoms with van der Waals surface area (Å²) in [7, 11) is 5.20. The molecule has 0 bridgehead atoms. The zero-order chi connectivity index (χ0) is 44.4. The number of carbonyl (C=O) groups is 6. The third-order valence-electron chi connectivity index (χ3n) is 9.36. The van der Waals surface area contributed by atoms with E-state index in [-0.39, 0.29) is 37.9 Å². The van der Waals surface area contributed by atoms with Crippen molar-refractivity contribution in [2.75, 3.05) is 27.3 Å². The molecule has 0 aliphatic heterocycles. The topological polar surface area (TPSA) is 187 Å². The summed E-state index contributed by atoms with van der Waals surface area (Å²) in [5, 5.41) is 11.4. The van der Waals surface area contributed by atoms with Gasteiger partial charge in [-0.2, -0.15) is 0 Å². The van der Waals surface area contributed by atoms with Crippen molar-refractivity contribution in [3.8, 4) is 0 Å². The van der Waals surface area contributed by atoms with Crippen molar-refractivity contribution in [3.05, 3.63) is 131 Å². The van der Waals surface area contributed by atoms with E-state index in [9.17, 15) is 28.8 Å². The number of alkyl carbamates (subject to hydrolysis) is 2. The Morgan fingerprint density at radius 2 is 0.871 bits per heavy atom. The van der Waals surface area contributed by atoms with Gasteiger partial charge in [-0.1, -0.05) is 107 Å². The molecule has 62 heavy (non-hydrogen) atoms. The molecule has 4 aromatic rings. The number of amides is 4. The first-order valence-electron chi connectivity index (χ1n) is 20.3. The Kier molecular flexibility index (Phi) is 21.8. The van der Waals surface area contributed by atoms with E-state index in [0.29, 0.717) is 72.5 Å². The Bertz CT molecular complexity index is 1900. The van der Waals surface area contributed by atoms with E-state index in [2.05, 4.69) is 21.3 Å². The Balaban J connectivity index is 1.28. The van der Waals surface area contributed by atoms with Gasteiger partial charge in [0.15, 0.2) is 0 Å². The summed E-state index contributed by atoms with van der Waals surface area (Å²) in [4.78, 5) is 77.5. The highest BCUT2D eigenvalue weighted by molar-refractivity contribution is 8.76. The number of carbonyl (C=O) groups excluding carboxylic acids is 6.